The second-order valence-electron chi connectivity index (χ2n) is 4.32. The van der Waals surface area contributed by atoms with Gasteiger partial charge in [0.25, 0.3) is 0 Å². The van der Waals surface area contributed by atoms with Crippen molar-refractivity contribution in [2.24, 2.45) is 7.05 Å². The predicted octanol–water partition coefficient (Wildman–Crippen LogP) is 2.06. The van der Waals surface area contributed by atoms with E-state index in [4.69, 9.17) is 9.84 Å². The van der Waals surface area contributed by atoms with E-state index in [1.165, 1.54) is 0 Å². The first-order valence-corrected chi connectivity index (χ1v) is 6.03. The Morgan fingerprint density at radius 3 is 2.74 bits per heavy atom. The highest BCUT2D eigenvalue weighted by molar-refractivity contribution is 5.67. The molecule has 1 aromatic heterocycles. The van der Waals surface area contributed by atoms with E-state index in [0.29, 0.717) is 6.61 Å². The zero-order chi connectivity index (χ0) is 13.7. The average molecular weight is 260 g/mol. The van der Waals surface area contributed by atoms with Crippen molar-refractivity contribution >= 4 is 5.97 Å². The SMILES string of the molecule is Cn1ccnc1C(COc1ccccc1)CC(=O)O. The summed E-state index contributed by atoms with van der Waals surface area (Å²) in [6, 6.07) is 9.34. The number of hydrogen-bond donors (Lipinski definition) is 1. The number of para-hydroxylation sites is 1. The Balaban J connectivity index is 2.07. The van der Waals surface area contributed by atoms with Crippen LogP contribution in [0.3, 0.4) is 0 Å². The minimum absolute atomic E-state index is 0.00229. The molecule has 1 heterocycles. The molecule has 5 heteroatoms. The second-order valence-corrected chi connectivity index (χ2v) is 4.32. The van der Waals surface area contributed by atoms with Crippen molar-refractivity contribution in [2.45, 2.75) is 12.3 Å². The molecular weight excluding hydrogens is 244 g/mol. The lowest BCUT2D eigenvalue weighted by atomic mass is 10.1. The van der Waals surface area contributed by atoms with E-state index in [1.807, 2.05) is 41.9 Å². The number of nitrogens with zero attached hydrogens (tertiary/aromatic N) is 2. The van der Waals surface area contributed by atoms with Crippen LogP contribution in [0, 0.1) is 0 Å². The second kappa shape index (κ2) is 6.04. The van der Waals surface area contributed by atoms with Crippen LogP contribution in [0.4, 0.5) is 0 Å². The summed E-state index contributed by atoms with van der Waals surface area (Å²) in [4.78, 5) is 15.1. The highest BCUT2D eigenvalue weighted by Crippen LogP contribution is 2.20. The molecule has 0 amide bonds. The Hall–Kier alpha value is -2.30. The number of ether oxygens (including phenoxy) is 1. The number of aliphatic carboxylic acids is 1. The van der Waals surface area contributed by atoms with Crippen LogP contribution in [0.25, 0.3) is 0 Å². The first kappa shape index (κ1) is 13.1. The molecule has 2 rings (SSSR count). The van der Waals surface area contributed by atoms with Gasteiger partial charge in [0.15, 0.2) is 0 Å². The Labute approximate surface area is 111 Å². The standard InChI is InChI=1S/C14H16N2O3/c1-16-8-7-15-14(16)11(9-13(17)18)10-19-12-5-3-2-4-6-12/h2-8,11H,9-10H2,1H3,(H,17,18). The van der Waals surface area contributed by atoms with Crippen molar-refractivity contribution in [1.82, 2.24) is 9.55 Å². The molecule has 0 fully saturated rings. The smallest absolute Gasteiger partial charge is 0.304 e. The van der Waals surface area contributed by atoms with Gasteiger partial charge in [0.1, 0.15) is 11.6 Å². The monoisotopic (exact) mass is 260 g/mol. The third-order valence-corrected chi connectivity index (χ3v) is 2.84. The molecule has 5 nitrogen and oxygen atoms in total. The van der Waals surface area contributed by atoms with Crippen LogP contribution in [0.5, 0.6) is 5.75 Å². The summed E-state index contributed by atoms with van der Waals surface area (Å²) >= 11 is 0. The van der Waals surface area contributed by atoms with Crippen molar-refractivity contribution in [3.05, 3.63) is 48.5 Å². The number of carbonyl (C=O) groups is 1. The molecule has 100 valence electrons. The Morgan fingerprint density at radius 2 is 2.16 bits per heavy atom. The van der Waals surface area contributed by atoms with E-state index >= 15 is 0 Å². The van der Waals surface area contributed by atoms with Crippen LogP contribution in [0.1, 0.15) is 18.2 Å². The number of aromatic nitrogens is 2. The molecule has 0 saturated carbocycles. The maximum absolute atomic E-state index is 10.9. The summed E-state index contributed by atoms with van der Waals surface area (Å²) in [5.74, 6) is 0.327. The molecular formula is C14H16N2O3. The number of benzene rings is 1. The van der Waals surface area contributed by atoms with Crippen LogP contribution >= 0.6 is 0 Å². The van der Waals surface area contributed by atoms with E-state index in [2.05, 4.69) is 4.98 Å². The first-order valence-electron chi connectivity index (χ1n) is 6.03. The number of hydrogen-bond acceptors (Lipinski definition) is 3. The largest absolute Gasteiger partial charge is 0.493 e. The van der Waals surface area contributed by atoms with Gasteiger partial charge in [0.2, 0.25) is 0 Å². The van der Waals surface area contributed by atoms with Gasteiger partial charge >= 0.3 is 5.97 Å². The quantitative estimate of drug-likeness (QED) is 0.863. The molecule has 1 unspecified atom stereocenters. The zero-order valence-electron chi connectivity index (χ0n) is 10.7. The highest BCUT2D eigenvalue weighted by atomic mass is 16.5. The fourth-order valence-corrected chi connectivity index (χ4v) is 1.92. The van der Waals surface area contributed by atoms with Crippen LogP contribution in [-0.2, 0) is 11.8 Å². The number of rotatable bonds is 6. The average Bonchev–Trinajstić information content (AvgIpc) is 2.81. The summed E-state index contributed by atoms with van der Waals surface area (Å²) in [7, 11) is 1.85. The Bertz CT molecular complexity index is 537. The molecule has 0 aliphatic heterocycles. The third kappa shape index (κ3) is 3.58. The van der Waals surface area contributed by atoms with Crippen LogP contribution in [0.2, 0.25) is 0 Å². The van der Waals surface area contributed by atoms with Gasteiger partial charge in [-0.15, -0.1) is 0 Å². The molecule has 0 bridgehead atoms. The summed E-state index contributed by atoms with van der Waals surface area (Å²) in [5, 5.41) is 8.98. The van der Waals surface area contributed by atoms with Gasteiger partial charge in [-0.05, 0) is 12.1 Å². The van der Waals surface area contributed by atoms with Crippen molar-refractivity contribution in [1.29, 1.82) is 0 Å². The minimum atomic E-state index is -0.857. The molecule has 0 aliphatic rings. The Kier molecular flexibility index (Phi) is 4.18. The van der Waals surface area contributed by atoms with E-state index in [0.717, 1.165) is 11.6 Å². The molecule has 1 aromatic carbocycles. The van der Waals surface area contributed by atoms with Gasteiger partial charge < -0.3 is 14.4 Å². The predicted molar refractivity (Wildman–Crippen MR) is 70.1 cm³/mol. The van der Waals surface area contributed by atoms with Gasteiger partial charge in [0, 0.05) is 19.4 Å². The molecule has 0 saturated heterocycles. The van der Waals surface area contributed by atoms with Crippen molar-refractivity contribution in [3.63, 3.8) is 0 Å². The molecule has 0 radical (unpaired) electrons. The third-order valence-electron chi connectivity index (χ3n) is 2.84. The summed E-state index contributed by atoms with van der Waals surface area (Å²) in [6.07, 6.45) is 3.46. The maximum Gasteiger partial charge on any atom is 0.304 e. The highest BCUT2D eigenvalue weighted by Gasteiger charge is 2.20. The first-order chi connectivity index (χ1) is 9.16. The van der Waals surface area contributed by atoms with Gasteiger partial charge in [-0.3, -0.25) is 4.79 Å². The molecule has 0 spiro atoms. The lowest BCUT2D eigenvalue weighted by Gasteiger charge is -2.15. The maximum atomic E-state index is 10.9. The lowest BCUT2D eigenvalue weighted by Crippen LogP contribution is -2.18. The van der Waals surface area contributed by atoms with Crippen molar-refractivity contribution < 1.29 is 14.6 Å². The number of imidazole rings is 1. The normalized spacial score (nSPS) is 12.1. The van der Waals surface area contributed by atoms with Gasteiger partial charge in [0.05, 0.1) is 18.9 Å². The van der Waals surface area contributed by atoms with Gasteiger partial charge in [-0.2, -0.15) is 0 Å². The van der Waals surface area contributed by atoms with Crippen LogP contribution in [0.15, 0.2) is 42.7 Å². The van der Waals surface area contributed by atoms with Crippen LogP contribution in [-0.4, -0.2) is 27.2 Å². The zero-order valence-corrected chi connectivity index (χ0v) is 10.7. The fraction of sp³-hybridized carbons (Fsp3) is 0.286. The molecule has 1 N–H and O–H groups in total. The summed E-state index contributed by atoms with van der Waals surface area (Å²) < 4.78 is 7.45. The Morgan fingerprint density at radius 1 is 1.42 bits per heavy atom. The van der Waals surface area contributed by atoms with E-state index in [9.17, 15) is 4.79 Å². The number of aryl methyl sites for hydroxylation is 1. The lowest BCUT2D eigenvalue weighted by molar-refractivity contribution is -0.137. The topological polar surface area (TPSA) is 64.4 Å². The molecule has 0 aliphatic carbocycles. The molecule has 1 atom stereocenters. The summed E-state index contributed by atoms with van der Waals surface area (Å²) in [5.41, 5.74) is 0. The number of carboxylic acid groups (broad SMARTS) is 1. The molecule has 19 heavy (non-hydrogen) atoms. The number of carboxylic acids is 1. The van der Waals surface area contributed by atoms with Crippen LogP contribution < -0.4 is 4.74 Å². The van der Waals surface area contributed by atoms with E-state index in [-0.39, 0.29) is 12.3 Å². The van der Waals surface area contributed by atoms with E-state index in [1.54, 1.807) is 12.4 Å². The van der Waals surface area contributed by atoms with Crippen molar-refractivity contribution in [2.75, 3.05) is 6.61 Å². The van der Waals surface area contributed by atoms with Crippen molar-refractivity contribution in [3.8, 4) is 5.75 Å². The van der Waals surface area contributed by atoms with Gasteiger partial charge in [-0.25, -0.2) is 4.98 Å². The minimum Gasteiger partial charge on any atom is -0.493 e. The fourth-order valence-electron chi connectivity index (χ4n) is 1.92. The molecule has 2 aromatic rings. The summed E-state index contributed by atoms with van der Waals surface area (Å²) in [6.45, 7) is 0.293. The van der Waals surface area contributed by atoms with E-state index < -0.39 is 5.97 Å². The van der Waals surface area contributed by atoms with Gasteiger partial charge in [-0.1, -0.05) is 18.2 Å².